The van der Waals surface area contributed by atoms with Crippen LogP contribution in [0.4, 0.5) is 24.0 Å². The average Bonchev–Trinajstić information content (AvgIpc) is 3.04. The summed E-state index contributed by atoms with van der Waals surface area (Å²) in [5.74, 6) is -3.74. The van der Waals surface area contributed by atoms with E-state index in [9.17, 15) is 28.1 Å². The van der Waals surface area contributed by atoms with Crippen LogP contribution in [-0.4, -0.2) is 15.8 Å². The van der Waals surface area contributed by atoms with Gasteiger partial charge in [0.15, 0.2) is 16.8 Å². The van der Waals surface area contributed by atoms with E-state index in [1.807, 2.05) is 0 Å². The Morgan fingerprint density at radius 1 is 1.11 bits per heavy atom. The third-order valence-electron chi connectivity index (χ3n) is 3.54. The SMILES string of the molecule is O=C(Nc1ncc(Cc2ccc(F)c(F)c2)s1)c1ccc([N+](=O)[O-])cc1F. The summed E-state index contributed by atoms with van der Waals surface area (Å²) >= 11 is 1.08. The molecule has 0 saturated heterocycles. The lowest BCUT2D eigenvalue weighted by molar-refractivity contribution is -0.385. The van der Waals surface area contributed by atoms with Crippen molar-refractivity contribution in [2.75, 3.05) is 5.32 Å². The molecule has 3 aromatic rings. The largest absolute Gasteiger partial charge is 0.298 e. The lowest BCUT2D eigenvalue weighted by Crippen LogP contribution is -2.13. The van der Waals surface area contributed by atoms with Crippen LogP contribution < -0.4 is 5.32 Å². The van der Waals surface area contributed by atoms with Gasteiger partial charge in [0.05, 0.1) is 16.6 Å². The van der Waals surface area contributed by atoms with Crippen LogP contribution >= 0.6 is 11.3 Å². The van der Waals surface area contributed by atoms with Gasteiger partial charge in [-0.1, -0.05) is 6.07 Å². The van der Waals surface area contributed by atoms with Crippen molar-refractivity contribution in [3.8, 4) is 0 Å². The van der Waals surface area contributed by atoms with E-state index < -0.39 is 34.0 Å². The zero-order valence-electron chi connectivity index (χ0n) is 13.4. The fourth-order valence-electron chi connectivity index (χ4n) is 2.26. The highest BCUT2D eigenvalue weighted by Crippen LogP contribution is 2.23. The lowest BCUT2D eigenvalue weighted by Gasteiger charge is -2.03. The number of nitrogens with zero attached hydrogens (tertiary/aromatic N) is 2. The molecule has 0 unspecified atom stereocenters. The molecular weight excluding hydrogens is 383 g/mol. The summed E-state index contributed by atoms with van der Waals surface area (Å²) in [4.78, 5) is 26.6. The molecular formula is C17H10F3N3O3S. The predicted molar refractivity (Wildman–Crippen MR) is 92.3 cm³/mol. The van der Waals surface area contributed by atoms with Gasteiger partial charge in [0, 0.05) is 23.6 Å². The number of hydrogen-bond acceptors (Lipinski definition) is 5. The third-order valence-corrected chi connectivity index (χ3v) is 4.46. The van der Waals surface area contributed by atoms with E-state index in [1.54, 1.807) is 0 Å². The molecule has 0 bridgehead atoms. The van der Waals surface area contributed by atoms with Crippen molar-refractivity contribution in [1.29, 1.82) is 0 Å². The fraction of sp³-hybridized carbons (Fsp3) is 0.0588. The number of aromatic nitrogens is 1. The van der Waals surface area contributed by atoms with Gasteiger partial charge in [-0.05, 0) is 23.8 Å². The quantitative estimate of drug-likeness (QED) is 0.517. The first kappa shape index (κ1) is 18.5. The summed E-state index contributed by atoms with van der Waals surface area (Å²) in [5, 5.41) is 13.2. The van der Waals surface area contributed by atoms with Crippen LogP contribution in [0.25, 0.3) is 0 Å². The van der Waals surface area contributed by atoms with Gasteiger partial charge in [0.1, 0.15) is 5.82 Å². The molecule has 10 heteroatoms. The number of halogens is 3. The van der Waals surface area contributed by atoms with Crippen LogP contribution in [0.5, 0.6) is 0 Å². The summed E-state index contributed by atoms with van der Waals surface area (Å²) in [7, 11) is 0. The summed E-state index contributed by atoms with van der Waals surface area (Å²) in [5.41, 5.74) is -0.304. The van der Waals surface area contributed by atoms with Gasteiger partial charge in [0.2, 0.25) is 0 Å². The molecule has 0 atom stereocenters. The highest BCUT2D eigenvalue weighted by atomic mass is 32.1. The Bertz CT molecular complexity index is 1040. The number of nitrogens with one attached hydrogen (secondary N) is 1. The van der Waals surface area contributed by atoms with Gasteiger partial charge < -0.3 is 0 Å². The molecule has 0 aliphatic heterocycles. The Morgan fingerprint density at radius 3 is 2.56 bits per heavy atom. The summed E-state index contributed by atoms with van der Waals surface area (Å²) in [6.45, 7) is 0. The van der Waals surface area contributed by atoms with E-state index in [0.717, 1.165) is 35.6 Å². The minimum atomic E-state index is -1.03. The highest BCUT2D eigenvalue weighted by Gasteiger charge is 2.17. The van der Waals surface area contributed by atoms with Gasteiger partial charge >= 0.3 is 0 Å². The second-order valence-corrected chi connectivity index (χ2v) is 6.55. The fourth-order valence-corrected chi connectivity index (χ4v) is 3.11. The molecule has 0 spiro atoms. The molecule has 0 aliphatic carbocycles. The van der Waals surface area contributed by atoms with Gasteiger partial charge in [-0.2, -0.15) is 0 Å². The zero-order chi connectivity index (χ0) is 19.6. The van der Waals surface area contributed by atoms with Gasteiger partial charge in [0.25, 0.3) is 11.6 Å². The summed E-state index contributed by atoms with van der Waals surface area (Å²) < 4.78 is 40.1. The van der Waals surface area contributed by atoms with Crippen molar-refractivity contribution in [1.82, 2.24) is 4.98 Å². The topological polar surface area (TPSA) is 85.1 Å². The van der Waals surface area contributed by atoms with Crippen molar-refractivity contribution in [3.05, 3.63) is 86.2 Å². The van der Waals surface area contributed by atoms with Crippen LogP contribution in [0.15, 0.2) is 42.6 Å². The Balaban J connectivity index is 1.71. The number of nitro benzene ring substituents is 1. The van der Waals surface area contributed by atoms with Crippen LogP contribution in [0.2, 0.25) is 0 Å². The van der Waals surface area contributed by atoms with E-state index in [2.05, 4.69) is 10.3 Å². The van der Waals surface area contributed by atoms with Crippen LogP contribution in [0.1, 0.15) is 20.8 Å². The van der Waals surface area contributed by atoms with Gasteiger partial charge in [-0.15, -0.1) is 11.3 Å². The Hall–Kier alpha value is -3.27. The second kappa shape index (κ2) is 7.54. The molecule has 6 nitrogen and oxygen atoms in total. The highest BCUT2D eigenvalue weighted by molar-refractivity contribution is 7.15. The normalized spacial score (nSPS) is 10.6. The van der Waals surface area contributed by atoms with E-state index in [0.29, 0.717) is 16.5 Å². The van der Waals surface area contributed by atoms with Gasteiger partial charge in [-0.3, -0.25) is 20.2 Å². The molecule has 0 radical (unpaired) electrons. The molecule has 1 amide bonds. The second-order valence-electron chi connectivity index (χ2n) is 5.43. The zero-order valence-corrected chi connectivity index (χ0v) is 14.2. The Kier molecular flexibility index (Phi) is 5.17. The molecule has 1 aromatic heterocycles. The maximum atomic E-state index is 13.9. The predicted octanol–water partition coefficient (Wildman–Crippen LogP) is 4.31. The Morgan fingerprint density at radius 2 is 1.89 bits per heavy atom. The smallest absolute Gasteiger partial charge is 0.272 e. The number of thiazole rings is 1. The molecule has 0 saturated carbocycles. The molecule has 0 fully saturated rings. The minimum Gasteiger partial charge on any atom is -0.298 e. The third kappa shape index (κ3) is 4.29. The summed E-state index contributed by atoms with van der Waals surface area (Å²) in [6.07, 6.45) is 1.73. The van der Waals surface area contributed by atoms with Crippen molar-refractivity contribution in [2.45, 2.75) is 6.42 Å². The number of anilines is 1. The van der Waals surface area contributed by atoms with Crippen molar-refractivity contribution < 1.29 is 22.9 Å². The number of carbonyl (C=O) groups excluding carboxylic acids is 1. The first-order chi connectivity index (χ1) is 12.8. The number of nitro groups is 1. The first-order valence-electron chi connectivity index (χ1n) is 7.47. The van der Waals surface area contributed by atoms with Crippen molar-refractivity contribution >= 4 is 28.1 Å². The van der Waals surface area contributed by atoms with Crippen molar-refractivity contribution in [2.24, 2.45) is 0 Å². The maximum Gasteiger partial charge on any atom is 0.272 e. The summed E-state index contributed by atoms with van der Waals surface area (Å²) in [6, 6.07) is 6.21. The number of amides is 1. The van der Waals surface area contributed by atoms with E-state index >= 15 is 0 Å². The molecule has 138 valence electrons. The van der Waals surface area contributed by atoms with E-state index in [1.165, 1.54) is 12.3 Å². The number of non-ortho nitro benzene ring substituents is 1. The number of rotatable bonds is 5. The van der Waals surface area contributed by atoms with E-state index in [4.69, 9.17) is 0 Å². The van der Waals surface area contributed by atoms with Crippen LogP contribution in [-0.2, 0) is 6.42 Å². The number of benzene rings is 2. The standard InChI is InChI=1S/C17H10F3N3O3S/c18-13-4-1-9(6-15(13)20)5-11-8-21-17(27-11)22-16(24)12-3-2-10(23(25)26)7-14(12)19/h1-4,6-8H,5H2,(H,21,22,24). The first-order valence-corrected chi connectivity index (χ1v) is 8.29. The molecule has 27 heavy (non-hydrogen) atoms. The average molecular weight is 393 g/mol. The minimum absolute atomic E-state index is 0.176. The Labute approximate surface area is 154 Å². The molecule has 2 aromatic carbocycles. The monoisotopic (exact) mass is 393 g/mol. The van der Waals surface area contributed by atoms with Crippen LogP contribution in [0.3, 0.4) is 0 Å². The molecule has 1 heterocycles. The van der Waals surface area contributed by atoms with E-state index in [-0.39, 0.29) is 17.1 Å². The molecule has 0 aliphatic rings. The number of carbonyl (C=O) groups is 1. The molecule has 1 N–H and O–H groups in total. The lowest BCUT2D eigenvalue weighted by atomic mass is 10.1. The van der Waals surface area contributed by atoms with Crippen molar-refractivity contribution in [3.63, 3.8) is 0 Å². The molecule has 3 rings (SSSR count). The number of hydrogen-bond donors (Lipinski definition) is 1. The maximum absolute atomic E-state index is 13.9. The van der Waals surface area contributed by atoms with Gasteiger partial charge in [-0.25, -0.2) is 18.2 Å². The van der Waals surface area contributed by atoms with Crippen LogP contribution in [0, 0.1) is 27.6 Å².